The van der Waals surface area contributed by atoms with Gasteiger partial charge in [0, 0.05) is 12.0 Å². The fraction of sp³-hybridized carbons (Fsp3) is 0.545. The fourth-order valence-electron chi connectivity index (χ4n) is 3.64. The Labute approximate surface area is 187 Å². The van der Waals surface area contributed by atoms with Gasteiger partial charge in [-0.05, 0) is 25.0 Å². The molecule has 32 heavy (non-hydrogen) atoms. The highest BCUT2D eigenvalue weighted by Crippen LogP contribution is 2.23. The Kier molecular flexibility index (Phi) is 7.91. The second-order valence-corrected chi connectivity index (χ2v) is 8.28. The Morgan fingerprint density at radius 1 is 1.09 bits per heavy atom. The molecule has 0 spiro atoms. The van der Waals surface area contributed by atoms with Gasteiger partial charge >= 0.3 is 6.03 Å². The zero-order chi connectivity index (χ0) is 23.0. The van der Waals surface area contributed by atoms with E-state index in [1.807, 2.05) is 30.3 Å². The average Bonchev–Trinajstić information content (AvgIpc) is 3.33. The summed E-state index contributed by atoms with van der Waals surface area (Å²) in [6, 6.07) is 8.90. The van der Waals surface area contributed by atoms with E-state index < -0.39 is 23.4 Å². The van der Waals surface area contributed by atoms with Gasteiger partial charge < -0.3 is 5.32 Å². The van der Waals surface area contributed by atoms with Gasteiger partial charge in [-0.15, -0.1) is 10.2 Å². The first kappa shape index (κ1) is 23.4. The molecular formula is C22H31N7O3. The molecule has 10 heteroatoms. The molecule has 1 aromatic heterocycles. The van der Waals surface area contributed by atoms with Crippen molar-refractivity contribution in [2.75, 3.05) is 0 Å². The number of unbranched alkanes of at least 4 members (excludes halogenated alkanes) is 4. The number of nitrogens with one attached hydrogen (secondary N) is 2. The van der Waals surface area contributed by atoms with Crippen LogP contribution in [0.4, 0.5) is 4.79 Å². The topological polar surface area (TPSA) is 122 Å². The Hall–Kier alpha value is -3.30. The van der Waals surface area contributed by atoms with Gasteiger partial charge in [0.25, 0.3) is 5.91 Å². The molecule has 1 aromatic carbocycles. The maximum Gasteiger partial charge on any atom is 0.344 e. The van der Waals surface area contributed by atoms with Gasteiger partial charge in [0.1, 0.15) is 5.54 Å². The minimum Gasteiger partial charge on any atom is -0.322 e. The highest BCUT2D eigenvalue weighted by Gasteiger charge is 2.48. The van der Waals surface area contributed by atoms with Crippen LogP contribution in [0.3, 0.4) is 0 Å². The van der Waals surface area contributed by atoms with Crippen LogP contribution in [0.1, 0.15) is 65.2 Å². The quantitative estimate of drug-likeness (QED) is 0.386. The number of urea groups is 1. The van der Waals surface area contributed by atoms with Gasteiger partial charge in [0.05, 0.1) is 6.54 Å². The predicted octanol–water partition coefficient (Wildman–Crippen LogP) is 2.82. The fourth-order valence-corrected chi connectivity index (χ4v) is 3.64. The van der Waals surface area contributed by atoms with Crippen molar-refractivity contribution >= 4 is 17.8 Å². The van der Waals surface area contributed by atoms with Crippen LogP contribution in [0.25, 0.3) is 11.4 Å². The summed E-state index contributed by atoms with van der Waals surface area (Å²) in [6.45, 7) is 4.25. The summed E-state index contributed by atoms with van der Waals surface area (Å²) in [4.78, 5) is 38.7. The molecule has 1 fully saturated rings. The van der Waals surface area contributed by atoms with E-state index in [2.05, 4.69) is 33.1 Å². The average molecular weight is 442 g/mol. The molecule has 0 radical (unpaired) electrons. The zero-order valence-electron chi connectivity index (χ0n) is 18.7. The van der Waals surface area contributed by atoms with Gasteiger partial charge in [-0.2, -0.15) is 9.81 Å². The first-order valence-electron chi connectivity index (χ1n) is 11.2. The minimum atomic E-state index is -0.977. The van der Waals surface area contributed by atoms with Crippen molar-refractivity contribution in [2.45, 2.75) is 77.3 Å². The molecule has 2 N–H and O–H groups in total. The lowest BCUT2D eigenvalue weighted by atomic mass is 9.94. The van der Waals surface area contributed by atoms with Crippen LogP contribution in [-0.2, 0) is 16.1 Å². The van der Waals surface area contributed by atoms with E-state index >= 15 is 0 Å². The molecule has 10 nitrogen and oxygen atoms in total. The van der Waals surface area contributed by atoms with Crippen molar-refractivity contribution in [2.24, 2.45) is 0 Å². The predicted molar refractivity (Wildman–Crippen MR) is 118 cm³/mol. The lowest BCUT2D eigenvalue weighted by Crippen LogP contribution is -2.48. The molecule has 4 amide bonds. The number of tetrazole rings is 1. The number of carbonyl (C=O) groups is 3. The van der Waals surface area contributed by atoms with E-state index in [-0.39, 0.29) is 6.42 Å². The highest BCUT2D eigenvalue weighted by atomic mass is 16.2. The van der Waals surface area contributed by atoms with Crippen LogP contribution in [0.5, 0.6) is 0 Å². The standard InChI is InChI=1S/C22H31N7O3/c1-3-4-5-6-10-15-22(2)20(31)29(21(32)23-22)25-18(30)14-11-16-28-26-19(24-27-28)17-12-8-7-9-13-17/h7-9,12-13H,3-6,10-11,14-16H2,1-2H3,(H,23,32)(H,25,30). The van der Waals surface area contributed by atoms with Crippen molar-refractivity contribution < 1.29 is 14.4 Å². The summed E-state index contributed by atoms with van der Waals surface area (Å²) in [7, 11) is 0. The highest BCUT2D eigenvalue weighted by molar-refractivity contribution is 6.07. The van der Waals surface area contributed by atoms with Crippen LogP contribution in [0.2, 0.25) is 0 Å². The summed E-state index contributed by atoms with van der Waals surface area (Å²) in [6.07, 6.45) is 6.39. The molecule has 0 saturated carbocycles. The molecule has 1 unspecified atom stereocenters. The summed E-state index contributed by atoms with van der Waals surface area (Å²) >= 11 is 0. The lowest BCUT2D eigenvalue weighted by Gasteiger charge is -2.21. The van der Waals surface area contributed by atoms with E-state index in [4.69, 9.17) is 0 Å². The molecule has 1 aliphatic heterocycles. The number of imide groups is 1. The third kappa shape index (κ3) is 5.89. The number of hydrazine groups is 1. The number of rotatable bonds is 12. The van der Waals surface area contributed by atoms with Crippen LogP contribution < -0.4 is 10.7 Å². The van der Waals surface area contributed by atoms with E-state index in [0.29, 0.717) is 25.2 Å². The van der Waals surface area contributed by atoms with E-state index in [1.165, 1.54) is 4.80 Å². The second kappa shape index (κ2) is 10.8. The zero-order valence-corrected chi connectivity index (χ0v) is 18.7. The van der Waals surface area contributed by atoms with Gasteiger partial charge in [0.2, 0.25) is 11.7 Å². The molecular weight excluding hydrogens is 410 g/mol. The molecule has 0 bridgehead atoms. The lowest BCUT2D eigenvalue weighted by molar-refractivity contribution is -0.139. The summed E-state index contributed by atoms with van der Waals surface area (Å²) in [5, 5.41) is 15.8. The third-order valence-electron chi connectivity index (χ3n) is 5.52. The van der Waals surface area contributed by atoms with Crippen LogP contribution in [0, 0.1) is 0 Å². The van der Waals surface area contributed by atoms with Crippen LogP contribution in [-0.4, -0.2) is 48.6 Å². The molecule has 2 heterocycles. The molecule has 2 aromatic rings. The SMILES string of the molecule is CCCCCCCC1(C)NC(=O)N(NC(=O)CCCn2nnc(-c3ccccc3)n2)C1=O. The molecule has 0 aliphatic carbocycles. The Morgan fingerprint density at radius 3 is 2.59 bits per heavy atom. The minimum absolute atomic E-state index is 0.118. The van der Waals surface area contributed by atoms with Crippen molar-refractivity contribution in [1.29, 1.82) is 0 Å². The normalized spacial score (nSPS) is 18.1. The van der Waals surface area contributed by atoms with Gasteiger partial charge in [0.15, 0.2) is 0 Å². The molecule has 172 valence electrons. The number of benzene rings is 1. The van der Waals surface area contributed by atoms with Crippen molar-refractivity contribution in [3.63, 3.8) is 0 Å². The van der Waals surface area contributed by atoms with Crippen molar-refractivity contribution in [1.82, 2.24) is 36.0 Å². The summed E-state index contributed by atoms with van der Waals surface area (Å²) < 4.78 is 0. The molecule has 1 aliphatic rings. The van der Waals surface area contributed by atoms with E-state index in [1.54, 1.807) is 6.92 Å². The molecule has 1 saturated heterocycles. The summed E-state index contributed by atoms with van der Waals surface area (Å²) in [5.74, 6) is -0.316. The van der Waals surface area contributed by atoms with Gasteiger partial charge in [-0.3, -0.25) is 15.0 Å². The van der Waals surface area contributed by atoms with Crippen molar-refractivity contribution in [3.05, 3.63) is 30.3 Å². The first-order valence-corrected chi connectivity index (χ1v) is 11.2. The smallest absolute Gasteiger partial charge is 0.322 e. The number of aryl methyl sites for hydroxylation is 1. The Bertz CT molecular complexity index is 931. The number of hydrogen-bond donors (Lipinski definition) is 2. The van der Waals surface area contributed by atoms with Crippen LogP contribution in [0.15, 0.2) is 30.3 Å². The molecule has 3 rings (SSSR count). The molecule has 1 atom stereocenters. The van der Waals surface area contributed by atoms with Gasteiger partial charge in [-0.25, -0.2) is 4.79 Å². The number of amides is 4. The number of hydrogen-bond acceptors (Lipinski definition) is 6. The Balaban J connectivity index is 1.43. The van der Waals surface area contributed by atoms with Crippen LogP contribution >= 0.6 is 0 Å². The maximum absolute atomic E-state index is 12.7. The maximum atomic E-state index is 12.7. The summed E-state index contributed by atoms with van der Waals surface area (Å²) in [5.41, 5.74) is 2.32. The number of nitrogens with zero attached hydrogens (tertiary/aromatic N) is 5. The number of carbonyl (C=O) groups excluding carboxylic acids is 3. The Morgan fingerprint density at radius 2 is 1.84 bits per heavy atom. The largest absolute Gasteiger partial charge is 0.344 e. The first-order chi connectivity index (χ1) is 15.4. The number of aromatic nitrogens is 4. The van der Waals surface area contributed by atoms with E-state index in [9.17, 15) is 14.4 Å². The second-order valence-electron chi connectivity index (χ2n) is 8.28. The monoisotopic (exact) mass is 441 g/mol. The van der Waals surface area contributed by atoms with E-state index in [0.717, 1.165) is 42.7 Å². The van der Waals surface area contributed by atoms with Gasteiger partial charge in [-0.1, -0.05) is 69.4 Å². The third-order valence-corrected chi connectivity index (χ3v) is 5.52. The van der Waals surface area contributed by atoms with Crippen molar-refractivity contribution in [3.8, 4) is 11.4 Å².